The number of carbonyl (C=O) groups is 1. The molecule has 0 spiro atoms. The Morgan fingerprint density at radius 2 is 2.00 bits per heavy atom. The molecule has 0 aliphatic carbocycles. The Hall–Kier alpha value is -1.69. The van der Waals surface area contributed by atoms with E-state index in [0.29, 0.717) is 6.61 Å². The van der Waals surface area contributed by atoms with Gasteiger partial charge in [-0.3, -0.25) is 0 Å². The molecule has 2 atom stereocenters. The minimum Gasteiger partial charge on any atom is -0.466 e. The van der Waals surface area contributed by atoms with Gasteiger partial charge in [0.2, 0.25) is 0 Å². The van der Waals surface area contributed by atoms with Gasteiger partial charge in [0, 0.05) is 0 Å². The molecule has 0 saturated heterocycles. The van der Waals surface area contributed by atoms with Crippen LogP contribution in [0.4, 0.5) is 0 Å². The van der Waals surface area contributed by atoms with Gasteiger partial charge in [-0.05, 0) is 12.5 Å². The molecule has 0 fully saturated rings. The largest absolute Gasteiger partial charge is 0.466 e. The summed E-state index contributed by atoms with van der Waals surface area (Å²) in [5.41, 5.74) is 0.992. The Bertz CT molecular complexity index is 429. The molecule has 0 aliphatic rings. The molecule has 1 aromatic carbocycles. The summed E-state index contributed by atoms with van der Waals surface area (Å²) in [7, 11) is 1.23. The van der Waals surface area contributed by atoms with Gasteiger partial charge in [0.05, 0.1) is 25.4 Å². The minimum atomic E-state index is -1.12. The van der Waals surface area contributed by atoms with E-state index in [0.717, 1.165) is 5.56 Å². The van der Waals surface area contributed by atoms with Gasteiger partial charge in [-0.1, -0.05) is 36.9 Å². The van der Waals surface area contributed by atoms with Gasteiger partial charge in [-0.15, -0.1) is 0 Å². The molecule has 0 aliphatic heterocycles. The number of aliphatic hydroxyl groups excluding tert-OH is 1. The standard InChI is InChI=1S/C15H20O5/c1-11(15(17)18-3)14(16)12(2)20-10-19-9-13-7-5-4-6-8-13/h4-8,12,14,16H,1,9-10H2,2-3H3. The SMILES string of the molecule is C=C(C(=O)OC)C(O)C(C)OCOCc1ccccc1. The Morgan fingerprint density at radius 1 is 1.35 bits per heavy atom. The van der Waals surface area contributed by atoms with E-state index in [1.165, 1.54) is 7.11 Å². The highest BCUT2D eigenvalue weighted by Gasteiger charge is 2.23. The zero-order valence-corrected chi connectivity index (χ0v) is 11.7. The number of aliphatic hydroxyl groups is 1. The topological polar surface area (TPSA) is 65.0 Å². The zero-order valence-electron chi connectivity index (χ0n) is 11.7. The van der Waals surface area contributed by atoms with Crippen LogP contribution >= 0.6 is 0 Å². The van der Waals surface area contributed by atoms with E-state index in [1.54, 1.807) is 6.92 Å². The van der Waals surface area contributed by atoms with Crippen molar-refractivity contribution >= 4 is 5.97 Å². The summed E-state index contributed by atoms with van der Waals surface area (Å²) in [4.78, 5) is 11.2. The third-order valence-corrected chi connectivity index (χ3v) is 2.78. The van der Waals surface area contributed by atoms with Crippen LogP contribution in [0.5, 0.6) is 0 Å². The van der Waals surface area contributed by atoms with Crippen molar-refractivity contribution in [2.75, 3.05) is 13.9 Å². The molecular formula is C15H20O5. The highest BCUT2D eigenvalue weighted by molar-refractivity contribution is 5.88. The highest BCUT2D eigenvalue weighted by Crippen LogP contribution is 2.10. The van der Waals surface area contributed by atoms with Crippen molar-refractivity contribution in [1.29, 1.82) is 0 Å². The van der Waals surface area contributed by atoms with Gasteiger partial charge in [0.1, 0.15) is 12.9 Å². The van der Waals surface area contributed by atoms with E-state index in [1.807, 2.05) is 30.3 Å². The summed E-state index contributed by atoms with van der Waals surface area (Å²) >= 11 is 0. The third kappa shape index (κ3) is 5.13. The van der Waals surface area contributed by atoms with Crippen LogP contribution in [-0.4, -0.2) is 37.2 Å². The molecule has 1 rings (SSSR count). The average molecular weight is 280 g/mol. The second-order valence-corrected chi connectivity index (χ2v) is 4.29. The molecule has 5 nitrogen and oxygen atoms in total. The van der Waals surface area contributed by atoms with Crippen molar-refractivity contribution < 1.29 is 24.1 Å². The van der Waals surface area contributed by atoms with Crippen molar-refractivity contribution in [3.05, 3.63) is 48.0 Å². The van der Waals surface area contributed by atoms with E-state index < -0.39 is 18.2 Å². The highest BCUT2D eigenvalue weighted by atomic mass is 16.7. The summed E-state index contributed by atoms with van der Waals surface area (Å²) in [6, 6.07) is 9.66. The molecule has 1 aromatic rings. The minimum absolute atomic E-state index is 0.0154. The molecule has 0 heterocycles. The number of benzene rings is 1. The molecule has 0 aromatic heterocycles. The van der Waals surface area contributed by atoms with E-state index in [4.69, 9.17) is 9.47 Å². The van der Waals surface area contributed by atoms with Gasteiger partial charge >= 0.3 is 5.97 Å². The first-order valence-electron chi connectivity index (χ1n) is 6.24. The number of ether oxygens (including phenoxy) is 3. The fourth-order valence-electron chi connectivity index (χ4n) is 1.52. The Kier molecular flexibility index (Phi) is 6.93. The van der Waals surface area contributed by atoms with Crippen LogP contribution in [0, 0.1) is 0 Å². The third-order valence-electron chi connectivity index (χ3n) is 2.78. The molecule has 0 amide bonds. The Balaban J connectivity index is 2.27. The quantitative estimate of drug-likeness (QED) is 0.339. The number of methoxy groups -OCH3 is 1. The molecule has 2 unspecified atom stereocenters. The molecule has 0 bridgehead atoms. The van der Waals surface area contributed by atoms with Gasteiger partial charge in [-0.2, -0.15) is 0 Å². The van der Waals surface area contributed by atoms with Crippen LogP contribution in [0.2, 0.25) is 0 Å². The van der Waals surface area contributed by atoms with Crippen LogP contribution in [0.1, 0.15) is 12.5 Å². The number of hydrogen-bond donors (Lipinski definition) is 1. The van der Waals surface area contributed by atoms with Crippen molar-refractivity contribution in [3.8, 4) is 0 Å². The maximum Gasteiger partial charge on any atom is 0.335 e. The van der Waals surface area contributed by atoms with Gasteiger partial charge in [-0.25, -0.2) is 4.79 Å². The van der Waals surface area contributed by atoms with Gasteiger partial charge < -0.3 is 19.3 Å². The maximum atomic E-state index is 11.2. The predicted molar refractivity (Wildman–Crippen MR) is 73.8 cm³/mol. The van der Waals surface area contributed by atoms with Crippen molar-refractivity contribution in [2.45, 2.75) is 25.7 Å². The van der Waals surface area contributed by atoms with Crippen molar-refractivity contribution in [1.82, 2.24) is 0 Å². The lowest BCUT2D eigenvalue weighted by Crippen LogP contribution is -2.31. The second kappa shape index (κ2) is 8.47. The molecule has 0 radical (unpaired) electrons. The van der Waals surface area contributed by atoms with Gasteiger partial charge in [0.15, 0.2) is 0 Å². The predicted octanol–water partition coefficient (Wildman–Crippen LogP) is 1.66. The first-order chi connectivity index (χ1) is 9.56. The second-order valence-electron chi connectivity index (χ2n) is 4.29. The van der Waals surface area contributed by atoms with E-state index in [-0.39, 0.29) is 12.4 Å². The Morgan fingerprint density at radius 3 is 2.60 bits per heavy atom. The number of hydrogen-bond acceptors (Lipinski definition) is 5. The van der Waals surface area contributed by atoms with Crippen LogP contribution < -0.4 is 0 Å². The number of esters is 1. The summed E-state index contributed by atoms with van der Waals surface area (Å²) in [5.74, 6) is -0.654. The number of carbonyl (C=O) groups excluding carboxylic acids is 1. The lowest BCUT2D eigenvalue weighted by Gasteiger charge is -2.20. The summed E-state index contributed by atoms with van der Waals surface area (Å²) in [5, 5.41) is 9.82. The zero-order chi connectivity index (χ0) is 15.0. The van der Waals surface area contributed by atoms with Crippen LogP contribution in [0.15, 0.2) is 42.5 Å². The molecule has 1 N–H and O–H groups in total. The number of rotatable bonds is 8. The normalized spacial score (nSPS) is 13.6. The lowest BCUT2D eigenvalue weighted by atomic mass is 10.1. The fraction of sp³-hybridized carbons (Fsp3) is 0.400. The van der Waals surface area contributed by atoms with E-state index in [9.17, 15) is 9.90 Å². The first-order valence-corrected chi connectivity index (χ1v) is 6.24. The van der Waals surface area contributed by atoms with Crippen molar-refractivity contribution in [2.24, 2.45) is 0 Å². The summed E-state index contributed by atoms with van der Waals surface area (Å²) in [6.45, 7) is 5.54. The average Bonchev–Trinajstić information content (AvgIpc) is 2.50. The van der Waals surface area contributed by atoms with Crippen LogP contribution in [0.3, 0.4) is 0 Å². The summed E-state index contributed by atoms with van der Waals surface area (Å²) < 4.78 is 15.1. The van der Waals surface area contributed by atoms with E-state index in [2.05, 4.69) is 11.3 Å². The summed E-state index contributed by atoms with van der Waals surface area (Å²) in [6.07, 6.45) is -1.74. The van der Waals surface area contributed by atoms with Gasteiger partial charge in [0.25, 0.3) is 0 Å². The lowest BCUT2D eigenvalue weighted by molar-refractivity contribution is -0.141. The van der Waals surface area contributed by atoms with E-state index >= 15 is 0 Å². The van der Waals surface area contributed by atoms with Crippen molar-refractivity contribution in [3.63, 3.8) is 0 Å². The molecular weight excluding hydrogens is 260 g/mol. The Labute approximate surface area is 118 Å². The monoisotopic (exact) mass is 280 g/mol. The molecule has 5 heteroatoms. The first kappa shape index (κ1) is 16.4. The fourth-order valence-corrected chi connectivity index (χ4v) is 1.52. The van der Waals surface area contributed by atoms with Crippen LogP contribution in [-0.2, 0) is 25.6 Å². The molecule has 20 heavy (non-hydrogen) atoms. The molecule has 110 valence electrons. The smallest absolute Gasteiger partial charge is 0.335 e. The molecule has 0 saturated carbocycles. The maximum absolute atomic E-state index is 11.2. The van der Waals surface area contributed by atoms with Crippen LogP contribution in [0.25, 0.3) is 0 Å².